The van der Waals surface area contributed by atoms with E-state index in [1.807, 2.05) is 6.07 Å². The van der Waals surface area contributed by atoms with E-state index in [2.05, 4.69) is 11.9 Å². The highest BCUT2D eigenvalue weighted by Crippen LogP contribution is 2.11. The highest BCUT2D eigenvalue weighted by Gasteiger charge is 1.96. The van der Waals surface area contributed by atoms with Gasteiger partial charge in [-0.1, -0.05) is 26.2 Å². The Labute approximate surface area is 91.1 Å². The smallest absolute Gasteiger partial charge is 0.122 e. The van der Waals surface area contributed by atoms with Crippen molar-refractivity contribution in [1.29, 1.82) is 0 Å². The topological polar surface area (TPSA) is 42.4 Å². The molecule has 0 saturated carbocycles. The quantitative estimate of drug-likeness (QED) is 0.702. The van der Waals surface area contributed by atoms with E-state index in [0.717, 1.165) is 18.8 Å². The van der Waals surface area contributed by atoms with Gasteiger partial charge in [0.1, 0.15) is 5.75 Å². The molecular weight excluding hydrogens is 190 g/mol. The van der Waals surface area contributed by atoms with Crippen LogP contribution in [-0.2, 0) is 6.61 Å². The Bertz CT molecular complexity index is 276. The molecule has 0 aliphatic heterocycles. The van der Waals surface area contributed by atoms with Crippen molar-refractivity contribution in [3.63, 3.8) is 0 Å². The molecule has 3 heteroatoms. The van der Waals surface area contributed by atoms with Crippen molar-refractivity contribution in [3.8, 4) is 5.75 Å². The lowest BCUT2D eigenvalue weighted by molar-refractivity contribution is 0.273. The Morgan fingerprint density at radius 1 is 1.33 bits per heavy atom. The van der Waals surface area contributed by atoms with Crippen molar-refractivity contribution < 1.29 is 9.84 Å². The van der Waals surface area contributed by atoms with Gasteiger partial charge < -0.3 is 9.84 Å². The van der Waals surface area contributed by atoms with Crippen LogP contribution >= 0.6 is 0 Å². The molecule has 1 heterocycles. The number of aliphatic hydroxyl groups is 1. The van der Waals surface area contributed by atoms with Gasteiger partial charge in [0.2, 0.25) is 0 Å². The van der Waals surface area contributed by atoms with E-state index in [9.17, 15) is 0 Å². The van der Waals surface area contributed by atoms with Crippen molar-refractivity contribution in [1.82, 2.24) is 4.98 Å². The molecule has 0 spiro atoms. The number of hydrogen-bond acceptors (Lipinski definition) is 3. The lowest BCUT2D eigenvalue weighted by Crippen LogP contribution is -1.98. The predicted octanol–water partition coefficient (Wildman–Crippen LogP) is 2.53. The van der Waals surface area contributed by atoms with Crippen LogP contribution in [0.4, 0.5) is 0 Å². The van der Waals surface area contributed by atoms with Gasteiger partial charge in [-0.3, -0.25) is 4.98 Å². The largest absolute Gasteiger partial charge is 0.493 e. The molecule has 0 aliphatic rings. The van der Waals surface area contributed by atoms with Crippen molar-refractivity contribution in [2.45, 2.75) is 39.2 Å². The maximum Gasteiger partial charge on any atom is 0.122 e. The Hall–Kier alpha value is -1.09. The number of aromatic nitrogens is 1. The van der Waals surface area contributed by atoms with Gasteiger partial charge in [-0.15, -0.1) is 0 Å². The van der Waals surface area contributed by atoms with Crippen molar-refractivity contribution >= 4 is 0 Å². The van der Waals surface area contributed by atoms with Gasteiger partial charge in [-0.25, -0.2) is 0 Å². The second kappa shape index (κ2) is 7.23. The number of nitrogens with zero attached hydrogens (tertiary/aromatic N) is 1. The third-order valence-corrected chi connectivity index (χ3v) is 2.22. The molecule has 3 nitrogen and oxygen atoms in total. The van der Waals surface area contributed by atoms with Crippen LogP contribution < -0.4 is 4.74 Å². The SMILES string of the molecule is CCCCCCOc1ccnc(CO)c1. The number of ether oxygens (including phenoxy) is 1. The van der Waals surface area contributed by atoms with E-state index in [-0.39, 0.29) is 6.61 Å². The molecule has 0 amide bonds. The fourth-order valence-corrected chi connectivity index (χ4v) is 1.35. The van der Waals surface area contributed by atoms with Crippen LogP contribution in [0.15, 0.2) is 18.3 Å². The Balaban J connectivity index is 2.24. The zero-order chi connectivity index (χ0) is 10.9. The third-order valence-electron chi connectivity index (χ3n) is 2.22. The van der Waals surface area contributed by atoms with Crippen LogP contribution in [0.25, 0.3) is 0 Å². The van der Waals surface area contributed by atoms with Gasteiger partial charge >= 0.3 is 0 Å². The fraction of sp³-hybridized carbons (Fsp3) is 0.583. The van der Waals surface area contributed by atoms with Crippen molar-refractivity contribution in [2.24, 2.45) is 0 Å². The first kappa shape index (κ1) is 12.0. The van der Waals surface area contributed by atoms with E-state index in [4.69, 9.17) is 9.84 Å². The first-order valence-corrected chi connectivity index (χ1v) is 5.55. The summed E-state index contributed by atoms with van der Waals surface area (Å²) >= 11 is 0. The van der Waals surface area contributed by atoms with Gasteiger partial charge in [0.15, 0.2) is 0 Å². The Morgan fingerprint density at radius 2 is 2.20 bits per heavy atom. The van der Waals surface area contributed by atoms with E-state index in [1.165, 1.54) is 19.3 Å². The fourth-order valence-electron chi connectivity index (χ4n) is 1.35. The second-order valence-electron chi connectivity index (χ2n) is 3.55. The molecule has 1 aromatic heterocycles. The molecule has 15 heavy (non-hydrogen) atoms. The lowest BCUT2D eigenvalue weighted by atomic mass is 10.2. The number of rotatable bonds is 7. The molecule has 1 rings (SSSR count). The minimum absolute atomic E-state index is 0.0347. The van der Waals surface area contributed by atoms with Gasteiger partial charge in [-0.2, -0.15) is 0 Å². The molecule has 0 atom stereocenters. The summed E-state index contributed by atoms with van der Waals surface area (Å²) < 4.78 is 5.54. The normalized spacial score (nSPS) is 10.3. The number of pyridine rings is 1. The predicted molar refractivity (Wildman–Crippen MR) is 59.8 cm³/mol. The maximum atomic E-state index is 8.89. The highest BCUT2D eigenvalue weighted by molar-refractivity contribution is 5.22. The van der Waals surface area contributed by atoms with E-state index in [0.29, 0.717) is 5.69 Å². The molecule has 0 bridgehead atoms. The van der Waals surface area contributed by atoms with Crippen LogP contribution in [0, 0.1) is 0 Å². The summed E-state index contributed by atoms with van der Waals surface area (Å²) in [6, 6.07) is 3.60. The lowest BCUT2D eigenvalue weighted by Gasteiger charge is -2.06. The van der Waals surface area contributed by atoms with Crippen LogP contribution in [-0.4, -0.2) is 16.7 Å². The van der Waals surface area contributed by atoms with E-state index < -0.39 is 0 Å². The number of hydrogen-bond donors (Lipinski definition) is 1. The van der Waals surface area contributed by atoms with Crippen LogP contribution in [0.2, 0.25) is 0 Å². The van der Waals surface area contributed by atoms with E-state index in [1.54, 1.807) is 12.3 Å². The summed E-state index contributed by atoms with van der Waals surface area (Å²) in [7, 11) is 0. The Kier molecular flexibility index (Phi) is 5.78. The number of unbranched alkanes of at least 4 members (excludes halogenated alkanes) is 3. The summed E-state index contributed by atoms with van der Waals surface area (Å²) in [6.07, 6.45) is 6.47. The summed E-state index contributed by atoms with van der Waals surface area (Å²) in [5, 5.41) is 8.89. The molecule has 0 unspecified atom stereocenters. The first-order valence-electron chi connectivity index (χ1n) is 5.55. The summed E-state index contributed by atoms with van der Waals surface area (Å²) in [5.74, 6) is 0.797. The highest BCUT2D eigenvalue weighted by atomic mass is 16.5. The van der Waals surface area contributed by atoms with E-state index >= 15 is 0 Å². The van der Waals surface area contributed by atoms with Crippen LogP contribution in [0.1, 0.15) is 38.3 Å². The minimum atomic E-state index is -0.0347. The standard InChI is InChI=1S/C12H19NO2/c1-2-3-4-5-8-15-12-6-7-13-11(9-12)10-14/h6-7,9,14H,2-5,8,10H2,1H3. The molecule has 84 valence electrons. The summed E-state index contributed by atoms with van der Waals surface area (Å²) in [6.45, 7) is 2.90. The van der Waals surface area contributed by atoms with Gasteiger partial charge in [0, 0.05) is 12.3 Å². The average molecular weight is 209 g/mol. The monoisotopic (exact) mass is 209 g/mol. The maximum absolute atomic E-state index is 8.89. The molecule has 0 aliphatic carbocycles. The van der Waals surface area contributed by atoms with Gasteiger partial charge in [-0.05, 0) is 12.5 Å². The second-order valence-corrected chi connectivity index (χ2v) is 3.55. The Morgan fingerprint density at radius 3 is 2.93 bits per heavy atom. The molecule has 1 aromatic rings. The van der Waals surface area contributed by atoms with Crippen LogP contribution in [0.3, 0.4) is 0 Å². The molecule has 0 saturated heterocycles. The molecule has 0 aromatic carbocycles. The third kappa shape index (κ3) is 4.79. The molecule has 1 N–H and O–H groups in total. The first-order chi connectivity index (χ1) is 7.36. The van der Waals surface area contributed by atoms with Crippen molar-refractivity contribution in [3.05, 3.63) is 24.0 Å². The van der Waals surface area contributed by atoms with Crippen LogP contribution in [0.5, 0.6) is 5.75 Å². The summed E-state index contributed by atoms with van der Waals surface area (Å²) in [5.41, 5.74) is 0.654. The average Bonchev–Trinajstić information content (AvgIpc) is 2.29. The zero-order valence-corrected chi connectivity index (χ0v) is 9.28. The zero-order valence-electron chi connectivity index (χ0n) is 9.28. The molecule has 0 radical (unpaired) electrons. The summed E-state index contributed by atoms with van der Waals surface area (Å²) in [4.78, 5) is 3.99. The minimum Gasteiger partial charge on any atom is -0.493 e. The van der Waals surface area contributed by atoms with Crippen molar-refractivity contribution in [2.75, 3.05) is 6.61 Å². The number of aliphatic hydroxyl groups excluding tert-OH is 1. The molecule has 0 fully saturated rings. The molecular formula is C12H19NO2. The van der Waals surface area contributed by atoms with Gasteiger partial charge in [0.25, 0.3) is 0 Å². The van der Waals surface area contributed by atoms with Gasteiger partial charge in [0.05, 0.1) is 18.9 Å².